The van der Waals surface area contributed by atoms with E-state index < -0.39 is 0 Å². The van der Waals surface area contributed by atoms with Gasteiger partial charge in [-0.25, -0.2) is 0 Å². The summed E-state index contributed by atoms with van der Waals surface area (Å²) >= 11 is 0. The van der Waals surface area contributed by atoms with Gasteiger partial charge in [0.25, 0.3) is 0 Å². The molecule has 3 rings (SSSR count). The van der Waals surface area contributed by atoms with Gasteiger partial charge in [-0.2, -0.15) is 0 Å². The van der Waals surface area contributed by atoms with Crippen LogP contribution in [0.25, 0.3) is 0 Å². The van der Waals surface area contributed by atoms with Gasteiger partial charge in [0.2, 0.25) is 0 Å². The van der Waals surface area contributed by atoms with Crippen LogP contribution in [0.4, 0.5) is 0 Å². The van der Waals surface area contributed by atoms with Crippen LogP contribution in [0.3, 0.4) is 0 Å². The van der Waals surface area contributed by atoms with Gasteiger partial charge in [0, 0.05) is 31.2 Å². The van der Waals surface area contributed by atoms with Crippen molar-refractivity contribution >= 4 is 0 Å². The highest BCUT2D eigenvalue weighted by atomic mass is 15.3. The molecule has 2 aliphatic heterocycles. The van der Waals surface area contributed by atoms with Crippen molar-refractivity contribution in [3.8, 4) is 0 Å². The molecular weight excluding hydrogens is 258 g/mol. The second-order valence-corrected chi connectivity index (χ2v) is 8.45. The van der Waals surface area contributed by atoms with Crippen molar-refractivity contribution in [2.45, 2.75) is 70.4 Å². The Hall–Kier alpha value is -0.120. The largest absolute Gasteiger partial charge is 0.308 e. The first-order valence-electron chi connectivity index (χ1n) is 9.22. The number of nitrogens with zero attached hydrogens (tertiary/aromatic N) is 2. The molecule has 2 heterocycles. The van der Waals surface area contributed by atoms with Gasteiger partial charge in [-0.15, -0.1) is 0 Å². The third-order valence-corrected chi connectivity index (χ3v) is 6.55. The fraction of sp³-hybridized carbons (Fsp3) is 1.00. The summed E-state index contributed by atoms with van der Waals surface area (Å²) in [5.41, 5.74) is 1.00. The number of likely N-dealkylation sites (tertiary alicyclic amines) is 1. The third kappa shape index (κ3) is 3.46. The number of hydrogen-bond donors (Lipinski definition) is 1. The minimum absolute atomic E-state index is 0.466. The average molecular weight is 293 g/mol. The van der Waals surface area contributed by atoms with Crippen LogP contribution in [-0.2, 0) is 0 Å². The van der Waals surface area contributed by atoms with Gasteiger partial charge in [0.05, 0.1) is 0 Å². The van der Waals surface area contributed by atoms with E-state index in [1.807, 2.05) is 0 Å². The Morgan fingerprint density at radius 2 is 1.76 bits per heavy atom. The minimum atomic E-state index is 0.466. The van der Waals surface area contributed by atoms with Crippen molar-refractivity contribution < 1.29 is 0 Å². The van der Waals surface area contributed by atoms with Crippen LogP contribution in [0.15, 0.2) is 0 Å². The lowest BCUT2D eigenvalue weighted by atomic mass is 9.78. The van der Waals surface area contributed by atoms with E-state index in [4.69, 9.17) is 0 Å². The SMILES string of the molecule is CCC1CNC2(CCCC2)CN1CC1(C)CCN(C)CC1. The summed E-state index contributed by atoms with van der Waals surface area (Å²) in [5.74, 6) is 0. The highest BCUT2D eigenvalue weighted by Crippen LogP contribution is 2.37. The maximum atomic E-state index is 3.93. The lowest BCUT2D eigenvalue weighted by Gasteiger charge is -2.50. The van der Waals surface area contributed by atoms with E-state index in [0.717, 1.165) is 6.04 Å². The fourth-order valence-corrected chi connectivity index (χ4v) is 4.82. The molecule has 3 nitrogen and oxygen atoms in total. The molecule has 3 heteroatoms. The zero-order chi connectivity index (χ0) is 14.9. The van der Waals surface area contributed by atoms with E-state index in [0.29, 0.717) is 11.0 Å². The summed E-state index contributed by atoms with van der Waals surface area (Å²) in [6.07, 6.45) is 9.70. The van der Waals surface area contributed by atoms with Crippen LogP contribution < -0.4 is 5.32 Å². The Kier molecular flexibility index (Phi) is 4.63. The molecule has 0 amide bonds. The summed E-state index contributed by atoms with van der Waals surface area (Å²) in [5, 5.41) is 3.93. The Morgan fingerprint density at radius 3 is 2.38 bits per heavy atom. The number of piperidine rings is 1. The summed E-state index contributed by atoms with van der Waals surface area (Å²) in [4.78, 5) is 5.36. The van der Waals surface area contributed by atoms with Gasteiger partial charge in [-0.1, -0.05) is 26.7 Å². The maximum absolute atomic E-state index is 3.93. The molecule has 21 heavy (non-hydrogen) atoms. The van der Waals surface area contributed by atoms with E-state index in [1.165, 1.54) is 77.7 Å². The van der Waals surface area contributed by atoms with Crippen molar-refractivity contribution in [1.29, 1.82) is 0 Å². The molecule has 2 saturated heterocycles. The molecule has 0 aromatic heterocycles. The Bertz CT molecular complexity index is 340. The lowest BCUT2D eigenvalue weighted by Crippen LogP contribution is -2.64. The van der Waals surface area contributed by atoms with Crippen LogP contribution in [0.5, 0.6) is 0 Å². The standard InChI is InChI=1S/C18H35N3/c1-4-16-13-19-18(7-5-6-8-18)15-21(16)14-17(2)9-11-20(3)12-10-17/h16,19H,4-15H2,1-3H3. The van der Waals surface area contributed by atoms with Crippen molar-refractivity contribution in [3.63, 3.8) is 0 Å². The summed E-state index contributed by atoms with van der Waals surface area (Å²) in [6, 6.07) is 0.757. The normalized spacial score (nSPS) is 33.6. The molecule has 0 aromatic carbocycles. The van der Waals surface area contributed by atoms with E-state index in [1.54, 1.807) is 0 Å². The monoisotopic (exact) mass is 293 g/mol. The molecule has 1 N–H and O–H groups in total. The van der Waals surface area contributed by atoms with E-state index in [9.17, 15) is 0 Å². The smallest absolute Gasteiger partial charge is 0.0309 e. The molecule has 1 unspecified atom stereocenters. The topological polar surface area (TPSA) is 18.5 Å². The molecule has 1 saturated carbocycles. The van der Waals surface area contributed by atoms with Gasteiger partial charge >= 0.3 is 0 Å². The molecular formula is C18H35N3. The van der Waals surface area contributed by atoms with Gasteiger partial charge in [-0.3, -0.25) is 4.90 Å². The van der Waals surface area contributed by atoms with Crippen molar-refractivity contribution in [2.75, 3.05) is 39.8 Å². The van der Waals surface area contributed by atoms with Crippen LogP contribution in [0.1, 0.15) is 58.8 Å². The zero-order valence-corrected chi connectivity index (χ0v) is 14.5. The summed E-state index contributed by atoms with van der Waals surface area (Å²) < 4.78 is 0. The van der Waals surface area contributed by atoms with Crippen LogP contribution in [0.2, 0.25) is 0 Å². The first-order valence-corrected chi connectivity index (χ1v) is 9.22. The number of hydrogen-bond acceptors (Lipinski definition) is 3. The van der Waals surface area contributed by atoms with Crippen LogP contribution in [-0.4, -0.2) is 61.2 Å². The van der Waals surface area contributed by atoms with Crippen molar-refractivity contribution in [1.82, 2.24) is 15.1 Å². The maximum Gasteiger partial charge on any atom is 0.0309 e. The van der Waals surface area contributed by atoms with Gasteiger partial charge in [-0.05, 0) is 57.7 Å². The molecule has 3 aliphatic rings. The molecule has 1 spiro atoms. The van der Waals surface area contributed by atoms with E-state index in [2.05, 4.69) is 36.0 Å². The molecule has 122 valence electrons. The van der Waals surface area contributed by atoms with Crippen LogP contribution in [0, 0.1) is 5.41 Å². The predicted molar refractivity (Wildman–Crippen MR) is 89.7 cm³/mol. The average Bonchev–Trinajstić information content (AvgIpc) is 2.91. The molecule has 0 bridgehead atoms. The number of rotatable bonds is 3. The Morgan fingerprint density at radius 1 is 1.10 bits per heavy atom. The molecule has 1 aliphatic carbocycles. The first-order chi connectivity index (χ1) is 10.0. The minimum Gasteiger partial charge on any atom is -0.308 e. The van der Waals surface area contributed by atoms with E-state index >= 15 is 0 Å². The lowest BCUT2D eigenvalue weighted by molar-refractivity contribution is 0.0189. The molecule has 1 atom stereocenters. The Balaban J connectivity index is 1.65. The molecule has 3 fully saturated rings. The second kappa shape index (κ2) is 6.17. The van der Waals surface area contributed by atoms with Crippen molar-refractivity contribution in [2.24, 2.45) is 5.41 Å². The second-order valence-electron chi connectivity index (χ2n) is 8.45. The number of nitrogens with one attached hydrogen (secondary N) is 1. The summed E-state index contributed by atoms with van der Waals surface area (Å²) in [6.45, 7) is 11.3. The van der Waals surface area contributed by atoms with E-state index in [-0.39, 0.29) is 0 Å². The Labute approximate surface area is 131 Å². The predicted octanol–water partition coefficient (Wildman–Crippen LogP) is 2.71. The summed E-state index contributed by atoms with van der Waals surface area (Å²) in [7, 11) is 2.27. The highest BCUT2D eigenvalue weighted by Gasteiger charge is 2.42. The highest BCUT2D eigenvalue weighted by molar-refractivity contribution is 5.02. The fourth-order valence-electron chi connectivity index (χ4n) is 4.82. The van der Waals surface area contributed by atoms with Gasteiger partial charge < -0.3 is 10.2 Å². The molecule has 0 radical (unpaired) electrons. The quantitative estimate of drug-likeness (QED) is 0.863. The van der Waals surface area contributed by atoms with Gasteiger partial charge in [0.15, 0.2) is 0 Å². The zero-order valence-electron chi connectivity index (χ0n) is 14.5. The van der Waals surface area contributed by atoms with Gasteiger partial charge in [0.1, 0.15) is 0 Å². The first kappa shape index (κ1) is 15.8. The van der Waals surface area contributed by atoms with Crippen molar-refractivity contribution in [3.05, 3.63) is 0 Å². The number of piperazine rings is 1. The molecule has 0 aromatic rings. The van der Waals surface area contributed by atoms with Crippen LogP contribution >= 0.6 is 0 Å². The third-order valence-electron chi connectivity index (χ3n) is 6.55.